The molecule has 0 aromatic rings. The van der Waals surface area contributed by atoms with Gasteiger partial charge in [0.15, 0.2) is 0 Å². The molecular weight excluding hydrogens is 108 g/mol. The molecule has 0 rings (SSSR count). The summed E-state index contributed by atoms with van der Waals surface area (Å²) in [6, 6.07) is 1.97. The van der Waals surface area contributed by atoms with Crippen molar-refractivity contribution < 1.29 is 0 Å². The van der Waals surface area contributed by atoms with Crippen LogP contribution in [0.25, 0.3) is 0 Å². The second-order valence-corrected chi connectivity index (χ2v) is 2.07. The molecule has 0 saturated heterocycles. The number of nitrogens with one attached hydrogen (secondary N) is 1. The standard InChI is InChI=1S/C4H8N2S/c1-2-7-6-4-3-5/h6H,2,4H2,1H3. The monoisotopic (exact) mass is 116 g/mol. The summed E-state index contributed by atoms with van der Waals surface area (Å²) in [5, 5.41) is 7.97. The maximum absolute atomic E-state index is 7.97. The van der Waals surface area contributed by atoms with E-state index < -0.39 is 0 Å². The molecule has 0 aliphatic heterocycles. The van der Waals surface area contributed by atoms with Crippen molar-refractivity contribution in [2.24, 2.45) is 0 Å². The van der Waals surface area contributed by atoms with E-state index in [2.05, 4.69) is 4.72 Å². The molecule has 3 heteroatoms. The van der Waals surface area contributed by atoms with E-state index in [0.717, 1.165) is 5.75 Å². The molecule has 0 atom stereocenters. The summed E-state index contributed by atoms with van der Waals surface area (Å²) >= 11 is 1.56. The summed E-state index contributed by atoms with van der Waals surface area (Å²) in [6.45, 7) is 2.48. The van der Waals surface area contributed by atoms with Gasteiger partial charge in [0.2, 0.25) is 0 Å². The zero-order valence-corrected chi connectivity index (χ0v) is 5.09. The van der Waals surface area contributed by atoms with E-state index >= 15 is 0 Å². The largest absolute Gasteiger partial charge is 0.250 e. The van der Waals surface area contributed by atoms with Gasteiger partial charge in [-0.05, 0) is 0 Å². The average Bonchev–Trinajstić information content (AvgIpc) is 1.69. The lowest BCUT2D eigenvalue weighted by atomic mass is 10.8. The highest BCUT2D eigenvalue weighted by atomic mass is 32.2. The van der Waals surface area contributed by atoms with Crippen LogP contribution in [0.1, 0.15) is 6.92 Å². The zero-order valence-electron chi connectivity index (χ0n) is 4.27. The van der Waals surface area contributed by atoms with Crippen molar-refractivity contribution in [2.45, 2.75) is 6.92 Å². The van der Waals surface area contributed by atoms with Crippen LogP contribution in [0.3, 0.4) is 0 Å². The Hall–Kier alpha value is -0.200. The highest BCUT2D eigenvalue weighted by Gasteiger charge is 1.76. The smallest absolute Gasteiger partial charge is 0.0931 e. The van der Waals surface area contributed by atoms with Gasteiger partial charge in [0.25, 0.3) is 0 Å². The van der Waals surface area contributed by atoms with Gasteiger partial charge in [-0.1, -0.05) is 18.9 Å². The van der Waals surface area contributed by atoms with Gasteiger partial charge in [0.05, 0.1) is 12.6 Å². The summed E-state index contributed by atoms with van der Waals surface area (Å²) in [6.07, 6.45) is 0. The highest BCUT2D eigenvalue weighted by Crippen LogP contribution is 1.86. The van der Waals surface area contributed by atoms with Crippen LogP contribution < -0.4 is 4.72 Å². The van der Waals surface area contributed by atoms with Crippen molar-refractivity contribution in [3.05, 3.63) is 0 Å². The normalized spacial score (nSPS) is 8.00. The predicted molar refractivity (Wildman–Crippen MR) is 31.7 cm³/mol. The fourth-order valence-corrected chi connectivity index (χ4v) is 0.556. The number of nitrogens with zero attached hydrogens (tertiary/aromatic N) is 1. The van der Waals surface area contributed by atoms with E-state index in [4.69, 9.17) is 5.26 Å². The first-order valence-corrected chi connectivity index (χ1v) is 3.12. The first-order chi connectivity index (χ1) is 3.41. The van der Waals surface area contributed by atoms with Crippen LogP contribution in [0.5, 0.6) is 0 Å². The molecule has 0 amide bonds. The quantitative estimate of drug-likeness (QED) is 0.336. The van der Waals surface area contributed by atoms with Crippen molar-refractivity contribution in [3.63, 3.8) is 0 Å². The molecule has 0 bridgehead atoms. The number of hydrogen-bond donors (Lipinski definition) is 1. The Morgan fingerprint density at radius 3 is 3.00 bits per heavy atom. The van der Waals surface area contributed by atoms with Gasteiger partial charge in [-0.2, -0.15) is 5.26 Å². The number of nitriles is 1. The van der Waals surface area contributed by atoms with Crippen LogP contribution in [-0.4, -0.2) is 12.3 Å². The van der Waals surface area contributed by atoms with Gasteiger partial charge >= 0.3 is 0 Å². The first kappa shape index (κ1) is 6.80. The van der Waals surface area contributed by atoms with Crippen LogP contribution in [0.2, 0.25) is 0 Å². The maximum atomic E-state index is 7.97. The molecule has 1 N–H and O–H groups in total. The lowest BCUT2D eigenvalue weighted by molar-refractivity contribution is 1.13. The summed E-state index contributed by atoms with van der Waals surface area (Å²) in [5.41, 5.74) is 0. The van der Waals surface area contributed by atoms with E-state index in [9.17, 15) is 0 Å². The second-order valence-electron chi connectivity index (χ2n) is 0.912. The predicted octanol–water partition coefficient (Wildman–Crippen LogP) is 0.768. The van der Waals surface area contributed by atoms with Gasteiger partial charge in [-0.15, -0.1) is 0 Å². The molecule has 0 fully saturated rings. The Labute approximate surface area is 48.0 Å². The SMILES string of the molecule is CCSNCC#N. The molecule has 0 aliphatic carbocycles. The van der Waals surface area contributed by atoms with E-state index in [1.807, 2.05) is 13.0 Å². The lowest BCUT2D eigenvalue weighted by Gasteiger charge is -1.89. The third kappa shape index (κ3) is 5.80. The Bertz CT molecular complexity index is 66.6. The molecule has 2 nitrogen and oxygen atoms in total. The molecular formula is C4H8N2S. The van der Waals surface area contributed by atoms with Crippen molar-refractivity contribution in [1.82, 2.24) is 4.72 Å². The lowest BCUT2D eigenvalue weighted by Crippen LogP contribution is -2.01. The summed E-state index contributed by atoms with van der Waals surface area (Å²) < 4.78 is 2.84. The van der Waals surface area contributed by atoms with Crippen molar-refractivity contribution >= 4 is 11.9 Å². The maximum Gasteiger partial charge on any atom is 0.0931 e. The molecule has 40 valence electrons. The summed E-state index contributed by atoms with van der Waals surface area (Å²) in [7, 11) is 0. The molecule has 0 unspecified atom stereocenters. The van der Waals surface area contributed by atoms with Crippen LogP contribution in [-0.2, 0) is 0 Å². The van der Waals surface area contributed by atoms with Crippen molar-refractivity contribution in [1.29, 1.82) is 5.26 Å². The third-order valence-electron chi connectivity index (χ3n) is 0.398. The van der Waals surface area contributed by atoms with Gasteiger partial charge in [0, 0.05) is 5.75 Å². The molecule has 0 saturated carbocycles. The van der Waals surface area contributed by atoms with Crippen LogP contribution in [0.15, 0.2) is 0 Å². The van der Waals surface area contributed by atoms with E-state index in [-0.39, 0.29) is 0 Å². The van der Waals surface area contributed by atoms with Crippen molar-refractivity contribution in [2.75, 3.05) is 12.3 Å². The zero-order chi connectivity index (χ0) is 5.54. The molecule has 0 aromatic carbocycles. The second kappa shape index (κ2) is 5.80. The van der Waals surface area contributed by atoms with Gasteiger partial charge in [-0.25, -0.2) is 4.72 Å². The van der Waals surface area contributed by atoms with Crippen LogP contribution >= 0.6 is 11.9 Å². The third-order valence-corrected chi connectivity index (χ3v) is 1.03. The molecule has 0 spiro atoms. The fourth-order valence-electron chi connectivity index (χ4n) is 0.185. The van der Waals surface area contributed by atoms with E-state index in [0.29, 0.717) is 6.54 Å². The minimum atomic E-state index is 0.443. The average molecular weight is 116 g/mol. The van der Waals surface area contributed by atoms with Crippen molar-refractivity contribution in [3.8, 4) is 6.07 Å². The molecule has 7 heavy (non-hydrogen) atoms. The van der Waals surface area contributed by atoms with Crippen LogP contribution in [0, 0.1) is 11.3 Å². The van der Waals surface area contributed by atoms with Gasteiger partial charge < -0.3 is 0 Å². The minimum absolute atomic E-state index is 0.443. The minimum Gasteiger partial charge on any atom is -0.250 e. The van der Waals surface area contributed by atoms with E-state index in [1.54, 1.807) is 11.9 Å². The molecule has 0 radical (unpaired) electrons. The Kier molecular flexibility index (Phi) is 5.63. The Morgan fingerprint density at radius 1 is 1.86 bits per heavy atom. The summed E-state index contributed by atoms with van der Waals surface area (Å²) in [4.78, 5) is 0. The first-order valence-electron chi connectivity index (χ1n) is 2.13. The molecule has 0 aromatic heterocycles. The Morgan fingerprint density at radius 2 is 2.57 bits per heavy atom. The van der Waals surface area contributed by atoms with E-state index in [1.165, 1.54) is 0 Å². The molecule has 0 aliphatic rings. The number of rotatable bonds is 3. The number of hydrogen-bond acceptors (Lipinski definition) is 3. The topological polar surface area (TPSA) is 35.8 Å². The summed E-state index contributed by atoms with van der Waals surface area (Å²) in [5.74, 6) is 1.02. The van der Waals surface area contributed by atoms with Crippen LogP contribution in [0.4, 0.5) is 0 Å². The Balaban J connectivity index is 2.60. The van der Waals surface area contributed by atoms with Gasteiger partial charge in [-0.3, -0.25) is 0 Å². The highest BCUT2D eigenvalue weighted by molar-refractivity contribution is 7.97. The molecule has 0 heterocycles. The van der Waals surface area contributed by atoms with Gasteiger partial charge in [0.1, 0.15) is 0 Å². The fraction of sp³-hybridized carbons (Fsp3) is 0.750.